The van der Waals surface area contributed by atoms with Gasteiger partial charge in [-0.2, -0.15) is 0 Å². The molecule has 1 rings (SSSR count). The van der Waals surface area contributed by atoms with E-state index in [0.717, 1.165) is 12.3 Å². The lowest BCUT2D eigenvalue weighted by molar-refractivity contribution is 0.0534. The molecule has 0 aliphatic heterocycles. The summed E-state index contributed by atoms with van der Waals surface area (Å²) >= 11 is 0. The highest BCUT2D eigenvalue weighted by Gasteiger charge is 2.14. The molecular formula is C18H28N2O3. The summed E-state index contributed by atoms with van der Waals surface area (Å²) in [6.07, 6.45) is 3.48. The number of carbonyl (C=O) groups is 1. The minimum Gasteiger partial charge on any atom is -0.497 e. The molecule has 0 aliphatic rings. The van der Waals surface area contributed by atoms with Gasteiger partial charge < -0.3 is 20.1 Å². The van der Waals surface area contributed by atoms with Crippen molar-refractivity contribution in [1.29, 1.82) is 0 Å². The van der Waals surface area contributed by atoms with E-state index in [2.05, 4.69) is 17.6 Å². The number of amides is 1. The lowest BCUT2D eigenvalue weighted by Gasteiger charge is -2.19. The maximum atomic E-state index is 11.4. The Labute approximate surface area is 139 Å². The van der Waals surface area contributed by atoms with Crippen molar-refractivity contribution in [3.63, 3.8) is 0 Å². The minimum atomic E-state index is -0.469. The van der Waals surface area contributed by atoms with E-state index in [1.165, 1.54) is 5.56 Å². The molecule has 0 fully saturated rings. The van der Waals surface area contributed by atoms with E-state index in [1.54, 1.807) is 7.11 Å². The van der Waals surface area contributed by atoms with Gasteiger partial charge in [-0.3, -0.25) is 0 Å². The predicted octanol–water partition coefficient (Wildman–Crippen LogP) is 3.43. The van der Waals surface area contributed by atoms with Crippen LogP contribution in [0.4, 0.5) is 4.79 Å². The molecule has 1 aromatic carbocycles. The van der Waals surface area contributed by atoms with Crippen LogP contribution in [0.3, 0.4) is 0 Å². The van der Waals surface area contributed by atoms with Crippen LogP contribution >= 0.6 is 0 Å². The van der Waals surface area contributed by atoms with Gasteiger partial charge in [0.15, 0.2) is 0 Å². The van der Waals surface area contributed by atoms with Crippen molar-refractivity contribution >= 4 is 6.09 Å². The van der Waals surface area contributed by atoms with E-state index in [9.17, 15) is 4.79 Å². The minimum absolute atomic E-state index is 0.240. The van der Waals surface area contributed by atoms with Gasteiger partial charge in [0.2, 0.25) is 0 Å². The fraction of sp³-hybridized carbons (Fsp3) is 0.500. The van der Waals surface area contributed by atoms with Crippen molar-refractivity contribution in [2.24, 2.45) is 0 Å². The van der Waals surface area contributed by atoms with E-state index in [0.29, 0.717) is 6.54 Å². The molecule has 0 saturated carbocycles. The molecule has 0 spiro atoms. The Morgan fingerprint density at radius 3 is 2.35 bits per heavy atom. The Kier molecular flexibility index (Phi) is 7.62. The summed E-state index contributed by atoms with van der Waals surface area (Å²) in [5.74, 6) is 0.856. The molecule has 1 atom stereocenters. The van der Waals surface area contributed by atoms with E-state index in [-0.39, 0.29) is 6.04 Å². The molecule has 1 unspecified atom stereocenters. The van der Waals surface area contributed by atoms with Gasteiger partial charge in [-0.1, -0.05) is 24.3 Å². The van der Waals surface area contributed by atoms with Crippen molar-refractivity contribution in [3.8, 4) is 5.75 Å². The summed E-state index contributed by atoms with van der Waals surface area (Å²) < 4.78 is 10.3. The smallest absolute Gasteiger partial charge is 0.407 e. The van der Waals surface area contributed by atoms with E-state index in [1.807, 2.05) is 57.2 Å². The molecular weight excluding hydrogens is 292 g/mol. The first kappa shape index (κ1) is 19.0. The Morgan fingerprint density at radius 1 is 1.17 bits per heavy atom. The zero-order valence-corrected chi connectivity index (χ0v) is 14.7. The van der Waals surface area contributed by atoms with Crippen LogP contribution in [0.1, 0.15) is 39.3 Å². The molecule has 0 aromatic heterocycles. The molecule has 0 aliphatic carbocycles. The van der Waals surface area contributed by atoms with Crippen LogP contribution < -0.4 is 15.4 Å². The van der Waals surface area contributed by atoms with Crippen molar-refractivity contribution in [1.82, 2.24) is 10.6 Å². The number of benzene rings is 1. The van der Waals surface area contributed by atoms with Gasteiger partial charge in [0.1, 0.15) is 11.4 Å². The lowest BCUT2D eigenvalue weighted by Crippen LogP contribution is -2.32. The average molecular weight is 320 g/mol. The van der Waals surface area contributed by atoms with Crippen LogP contribution in [0.5, 0.6) is 5.75 Å². The monoisotopic (exact) mass is 320 g/mol. The second kappa shape index (κ2) is 9.20. The lowest BCUT2D eigenvalue weighted by atomic mass is 10.1. The molecule has 23 heavy (non-hydrogen) atoms. The number of hydrogen-bond acceptors (Lipinski definition) is 4. The molecule has 0 radical (unpaired) electrons. The number of alkyl carbamates (subject to hydrolysis) is 1. The zero-order valence-electron chi connectivity index (χ0n) is 14.7. The van der Waals surface area contributed by atoms with E-state index >= 15 is 0 Å². The van der Waals surface area contributed by atoms with Crippen LogP contribution in [0.2, 0.25) is 0 Å². The molecule has 5 nitrogen and oxygen atoms in total. The van der Waals surface area contributed by atoms with E-state index < -0.39 is 11.7 Å². The summed E-state index contributed by atoms with van der Waals surface area (Å²) in [5, 5.41) is 6.07. The van der Waals surface area contributed by atoms with Crippen LogP contribution in [-0.4, -0.2) is 31.9 Å². The molecule has 0 saturated heterocycles. The third-order valence-electron chi connectivity index (χ3n) is 3.09. The second-order valence-electron chi connectivity index (χ2n) is 6.26. The van der Waals surface area contributed by atoms with Gasteiger partial charge in [0.25, 0.3) is 0 Å². The van der Waals surface area contributed by atoms with Crippen molar-refractivity contribution in [2.45, 2.75) is 39.3 Å². The van der Waals surface area contributed by atoms with Gasteiger partial charge in [0, 0.05) is 19.1 Å². The number of methoxy groups -OCH3 is 1. The fourth-order valence-electron chi connectivity index (χ4n) is 1.88. The average Bonchev–Trinajstić information content (AvgIpc) is 2.48. The maximum Gasteiger partial charge on any atom is 0.407 e. The molecule has 5 heteroatoms. The number of rotatable bonds is 7. The highest BCUT2D eigenvalue weighted by molar-refractivity contribution is 5.67. The first-order valence-electron chi connectivity index (χ1n) is 7.81. The standard InChI is InChI=1S/C18H28N2O3/c1-14(15-8-10-16(22-5)11-9-15)19-12-6-7-13-20-17(21)23-18(2,3)4/h6-11,14,19H,12-13H2,1-5H3,(H,20,21)/b7-6+. The van der Waals surface area contributed by atoms with Gasteiger partial charge in [-0.05, 0) is 45.4 Å². The molecule has 0 bridgehead atoms. The molecule has 1 amide bonds. The largest absolute Gasteiger partial charge is 0.497 e. The quantitative estimate of drug-likeness (QED) is 0.756. The first-order chi connectivity index (χ1) is 10.8. The SMILES string of the molecule is COc1ccc(C(C)NC/C=C/CNC(=O)OC(C)(C)C)cc1. The number of carbonyl (C=O) groups excluding carboxylic acids is 1. The Morgan fingerprint density at radius 2 is 1.78 bits per heavy atom. The van der Waals surface area contributed by atoms with Gasteiger partial charge >= 0.3 is 6.09 Å². The van der Waals surface area contributed by atoms with Crippen LogP contribution in [0.15, 0.2) is 36.4 Å². The number of nitrogens with one attached hydrogen (secondary N) is 2. The second-order valence-corrected chi connectivity index (χ2v) is 6.26. The third-order valence-corrected chi connectivity index (χ3v) is 3.09. The Hall–Kier alpha value is -2.01. The van der Waals surface area contributed by atoms with E-state index in [4.69, 9.17) is 9.47 Å². The van der Waals surface area contributed by atoms with Gasteiger partial charge in [-0.25, -0.2) is 4.79 Å². The third kappa shape index (κ3) is 8.26. The first-order valence-corrected chi connectivity index (χ1v) is 7.81. The normalized spacial score (nSPS) is 12.9. The molecule has 1 aromatic rings. The van der Waals surface area contributed by atoms with Crippen LogP contribution in [0.25, 0.3) is 0 Å². The molecule has 2 N–H and O–H groups in total. The summed E-state index contributed by atoms with van der Waals surface area (Å²) in [7, 11) is 1.66. The van der Waals surface area contributed by atoms with Gasteiger partial charge in [-0.15, -0.1) is 0 Å². The van der Waals surface area contributed by atoms with Crippen molar-refractivity contribution in [3.05, 3.63) is 42.0 Å². The van der Waals surface area contributed by atoms with Crippen molar-refractivity contribution < 1.29 is 14.3 Å². The maximum absolute atomic E-state index is 11.4. The summed E-state index contributed by atoms with van der Waals surface area (Å²) in [6, 6.07) is 8.24. The number of hydrogen-bond donors (Lipinski definition) is 2. The van der Waals surface area contributed by atoms with Crippen molar-refractivity contribution in [2.75, 3.05) is 20.2 Å². The van der Waals surface area contributed by atoms with Crippen LogP contribution in [0, 0.1) is 0 Å². The summed E-state index contributed by atoms with van der Waals surface area (Å²) in [6.45, 7) is 8.80. The fourth-order valence-corrected chi connectivity index (χ4v) is 1.88. The molecule has 0 heterocycles. The highest BCUT2D eigenvalue weighted by atomic mass is 16.6. The zero-order chi connectivity index (χ0) is 17.3. The molecule has 128 valence electrons. The Balaban J connectivity index is 2.23. The van der Waals surface area contributed by atoms with Crippen LogP contribution in [-0.2, 0) is 4.74 Å². The van der Waals surface area contributed by atoms with Gasteiger partial charge in [0.05, 0.1) is 7.11 Å². The summed E-state index contributed by atoms with van der Waals surface area (Å²) in [5.41, 5.74) is 0.731. The highest BCUT2D eigenvalue weighted by Crippen LogP contribution is 2.16. The predicted molar refractivity (Wildman–Crippen MR) is 92.8 cm³/mol. The summed E-state index contributed by atoms with van der Waals surface area (Å²) in [4.78, 5) is 11.4. The topological polar surface area (TPSA) is 59.6 Å². The number of ether oxygens (including phenoxy) is 2. The Bertz CT molecular complexity index is 504.